The van der Waals surface area contributed by atoms with Gasteiger partial charge in [0.2, 0.25) is 5.88 Å². The van der Waals surface area contributed by atoms with E-state index in [-0.39, 0.29) is 12.1 Å². The van der Waals surface area contributed by atoms with Gasteiger partial charge in [-0.2, -0.15) is 0 Å². The lowest BCUT2D eigenvalue weighted by atomic mass is 9.33. The molecule has 12 rings (SSSR count). The maximum Gasteiger partial charge on any atom is 0.257 e. The first-order valence-electron chi connectivity index (χ1n) is 18.6. The van der Waals surface area contributed by atoms with Gasteiger partial charge in [0.1, 0.15) is 5.58 Å². The smallest absolute Gasteiger partial charge is 0.257 e. The highest BCUT2D eigenvalue weighted by atomic mass is 16.4. The summed E-state index contributed by atoms with van der Waals surface area (Å²) >= 11 is 0. The van der Waals surface area contributed by atoms with Gasteiger partial charge in [-0.25, -0.2) is 0 Å². The van der Waals surface area contributed by atoms with Gasteiger partial charge in [-0.05, 0) is 82.6 Å². The minimum absolute atomic E-state index is 0.0430. The third kappa shape index (κ3) is 3.71. The molecule has 0 bridgehead atoms. The lowest BCUT2D eigenvalue weighted by Crippen LogP contribution is -2.61. The van der Waals surface area contributed by atoms with E-state index in [1.165, 1.54) is 77.1 Å². The largest absolute Gasteiger partial charge is 0.440 e. The first-order chi connectivity index (χ1) is 26.0. The summed E-state index contributed by atoms with van der Waals surface area (Å²) in [5.74, 6) is 0.891. The molecule has 0 N–H and O–H groups in total. The summed E-state index contributed by atoms with van der Waals surface area (Å²) in [6.07, 6.45) is 0. The first-order valence-corrected chi connectivity index (χ1v) is 18.6. The molecule has 0 fully saturated rings. The number of rotatable bonds is 2. The Morgan fingerprint density at radius 2 is 1.17 bits per heavy atom. The van der Waals surface area contributed by atoms with E-state index < -0.39 is 0 Å². The van der Waals surface area contributed by atoms with Gasteiger partial charge in [-0.3, -0.25) is 4.90 Å². The van der Waals surface area contributed by atoms with Crippen LogP contribution in [0, 0.1) is 0 Å². The molecule has 0 spiro atoms. The van der Waals surface area contributed by atoms with Crippen LogP contribution in [-0.4, -0.2) is 11.1 Å². The number of fused-ring (bicyclic) bond motifs is 13. The standard InChI is InChI=1S/C48H34BN3O/c1-48(2,3)29-26-34-32-20-10-13-23-37(32)52-39-28-40-44-46(42(39)35(27-29)45(34)52)51(31-18-8-5-9-19-31)47-43(33-21-11-15-25-41(33)53-47)49(44)36-22-12-14-24-38(36)50(40)30-16-6-4-7-17-30/h4-28H,1-3H3. The molecule has 0 amide bonds. The van der Waals surface area contributed by atoms with Gasteiger partial charge in [0.05, 0.1) is 22.2 Å². The number of hydrogen-bond acceptors (Lipinski definition) is 3. The monoisotopic (exact) mass is 679 g/mol. The molecule has 0 radical (unpaired) electrons. The Kier molecular flexibility index (Phi) is 5.56. The summed E-state index contributed by atoms with van der Waals surface area (Å²) in [5, 5.41) is 6.28. The van der Waals surface area contributed by atoms with Crippen molar-refractivity contribution in [3.63, 3.8) is 0 Å². The molecule has 0 aliphatic carbocycles. The predicted octanol–water partition coefficient (Wildman–Crippen LogP) is 11.0. The number of furan rings is 1. The van der Waals surface area contributed by atoms with Crippen molar-refractivity contribution in [3.05, 3.63) is 157 Å². The maximum absolute atomic E-state index is 7.08. The van der Waals surface area contributed by atoms with Crippen LogP contribution in [0.5, 0.6) is 0 Å². The van der Waals surface area contributed by atoms with Crippen molar-refractivity contribution < 1.29 is 4.42 Å². The van der Waals surface area contributed by atoms with Crippen LogP contribution in [-0.2, 0) is 5.41 Å². The van der Waals surface area contributed by atoms with Gasteiger partial charge in [0.15, 0.2) is 0 Å². The van der Waals surface area contributed by atoms with Crippen molar-refractivity contribution >= 4 is 106 Å². The van der Waals surface area contributed by atoms with Crippen LogP contribution in [0.25, 0.3) is 49.1 Å². The minimum Gasteiger partial charge on any atom is -0.440 e. The molecule has 5 heterocycles. The quantitative estimate of drug-likeness (QED) is 0.170. The van der Waals surface area contributed by atoms with Gasteiger partial charge >= 0.3 is 0 Å². The molecule has 5 heteroatoms. The summed E-state index contributed by atoms with van der Waals surface area (Å²) in [4.78, 5) is 4.93. The molecule has 10 aromatic rings. The van der Waals surface area contributed by atoms with E-state index in [2.05, 4.69) is 187 Å². The van der Waals surface area contributed by atoms with Gasteiger partial charge < -0.3 is 13.7 Å². The zero-order valence-electron chi connectivity index (χ0n) is 29.8. The summed E-state index contributed by atoms with van der Waals surface area (Å²) in [5.41, 5.74) is 15.5. The van der Waals surface area contributed by atoms with E-state index in [0.717, 1.165) is 28.2 Å². The number of nitrogens with zero attached hydrogens (tertiary/aromatic N) is 3. The molecular weight excluding hydrogens is 645 g/mol. The van der Waals surface area contributed by atoms with Gasteiger partial charge in [-0.15, -0.1) is 0 Å². The average molecular weight is 680 g/mol. The summed E-state index contributed by atoms with van der Waals surface area (Å²) in [6.45, 7) is 6.94. The Bertz CT molecular complexity index is 3120. The average Bonchev–Trinajstić information content (AvgIpc) is 3.85. The van der Waals surface area contributed by atoms with Crippen LogP contribution >= 0.6 is 0 Å². The second kappa shape index (κ2) is 10.1. The van der Waals surface area contributed by atoms with Crippen molar-refractivity contribution in [2.75, 3.05) is 9.80 Å². The normalized spacial score (nSPS) is 13.8. The van der Waals surface area contributed by atoms with Crippen molar-refractivity contribution in [2.45, 2.75) is 26.2 Å². The van der Waals surface area contributed by atoms with Crippen molar-refractivity contribution in [1.29, 1.82) is 0 Å². The van der Waals surface area contributed by atoms with Crippen molar-refractivity contribution in [1.82, 2.24) is 4.40 Å². The highest BCUT2D eigenvalue weighted by Crippen LogP contribution is 2.52. The number of benzene rings is 7. The fourth-order valence-electron chi connectivity index (χ4n) is 9.57. The number of aromatic nitrogens is 1. The second-order valence-electron chi connectivity index (χ2n) is 15.7. The molecular formula is C48H34BN3O. The Hall–Kier alpha value is -6.46. The fraction of sp³-hybridized carbons (Fsp3) is 0.0833. The molecule has 0 atom stereocenters. The lowest BCUT2D eigenvalue weighted by molar-refractivity contribution is 0.592. The predicted molar refractivity (Wildman–Crippen MR) is 224 cm³/mol. The second-order valence-corrected chi connectivity index (χ2v) is 15.7. The van der Waals surface area contributed by atoms with E-state index in [0.29, 0.717) is 0 Å². The SMILES string of the molecule is CC(C)(C)c1cc2c3ccccc3n3c4cc5c6c(c4c(c1)c23)N(c1ccccc1)c1oc2ccccc2c1B6c1ccccc1N5c1ccccc1. The molecule has 0 saturated carbocycles. The topological polar surface area (TPSA) is 24.0 Å². The summed E-state index contributed by atoms with van der Waals surface area (Å²) in [6, 6.07) is 55.6. The van der Waals surface area contributed by atoms with Crippen LogP contribution in [0.15, 0.2) is 156 Å². The number of para-hydroxylation sites is 5. The highest BCUT2D eigenvalue weighted by Gasteiger charge is 2.47. The molecule has 2 aliphatic heterocycles. The highest BCUT2D eigenvalue weighted by molar-refractivity contribution is 7.01. The van der Waals surface area contributed by atoms with Crippen molar-refractivity contribution in [3.8, 4) is 0 Å². The van der Waals surface area contributed by atoms with Crippen LogP contribution < -0.4 is 26.2 Å². The Labute approximate surface area is 307 Å². The van der Waals surface area contributed by atoms with E-state index in [1.807, 2.05) is 0 Å². The molecule has 53 heavy (non-hydrogen) atoms. The van der Waals surface area contributed by atoms with Crippen molar-refractivity contribution in [2.24, 2.45) is 0 Å². The van der Waals surface area contributed by atoms with Gasteiger partial charge in [0.25, 0.3) is 6.71 Å². The van der Waals surface area contributed by atoms with E-state index in [1.54, 1.807) is 0 Å². The molecule has 0 unspecified atom stereocenters. The van der Waals surface area contributed by atoms with Crippen LogP contribution in [0.3, 0.4) is 0 Å². The summed E-state index contributed by atoms with van der Waals surface area (Å²) < 4.78 is 9.62. The van der Waals surface area contributed by atoms with E-state index >= 15 is 0 Å². The molecule has 3 aromatic heterocycles. The van der Waals surface area contributed by atoms with E-state index in [9.17, 15) is 0 Å². The fourth-order valence-corrected chi connectivity index (χ4v) is 9.57. The van der Waals surface area contributed by atoms with Gasteiger partial charge in [0, 0.05) is 55.1 Å². The zero-order chi connectivity index (χ0) is 35.2. The van der Waals surface area contributed by atoms with Crippen LogP contribution in [0.4, 0.5) is 34.3 Å². The first kappa shape index (κ1) is 29.2. The molecule has 250 valence electrons. The molecule has 7 aromatic carbocycles. The lowest BCUT2D eigenvalue weighted by Gasteiger charge is -2.42. The molecule has 4 nitrogen and oxygen atoms in total. The Morgan fingerprint density at radius 3 is 1.94 bits per heavy atom. The van der Waals surface area contributed by atoms with E-state index in [4.69, 9.17) is 4.42 Å². The molecule has 2 aliphatic rings. The minimum atomic E-state index is -0.0435. The Morgan fingerprint density at radius 1 is 0.528 bits per heavy atom. The van der Waals surface area contributed by atoms with Crippen LogP contribution in [0.2, 0.25) is 0 Å². The maximum atomic E-state index is 7.08. The third-order valence-corrected chi connectivity index (χ3v) is 11.8. The van der Waals surface area contributed by atoms with Gasteiger partial charge in [-0.1, -0.05) is 112 Å². The molecule has 0 saturated heterocycles. The third-order valence-electron chi connectivity index (χ3n) is 11.8. The Balaban J connectivity index is 1.36. The zero-order valence-corrected chi connectivity index (χ0v) is 29.8. The number of anilines is 6. The summed E-state index contributed by atoms with van der Waals surface area (Å²) in [7, 11) is 0. The van der Waals surface area contributed by atoms with Crippen LogP contribution in [0.1, 0.15) is 26.3 Å². The number of hydrogen-bond donors (Lipinski definition) is 0.